The molecule has 0 spiro atoms. The molecule has 106 valence electrons. The molecular formula is C12H13BrF4N2. The molecule has 1 aromatic carbocycles. The fourth-order valence-corrected chi connectivity index (χ4v) is 2.76. The van der Waals surface area contributed by atoms with Crippen LogP contribution in [0.5, 0.6) is 0 Å². The lowest BCUT2D eigenvalue weighted by Crippen LogP contribution is -2.49. The second-order valence-corrected chi connectivity index (χ2v) is 5.35. The van der Waals surface area contributed by atoms with Crippen LogP contribution in [0.1, 0.15) is 11.6 Å². The summed E-state index contributed by atoms with van der Waals surface area (Å²) < 4.78 is 53.4. The van der Waals surface area contributed by atoms with Gasteiger partial charge >= 0.3 is 6.18 Å². The second kappa shape index (κ2) is 5.76. The molecule has 0 saturated carbocycles. The van der Waals surface area contributed by atoms with Crippen molar-refractivity contribution in [3.63, 3.8) is 0 Å². The van der Waals surface area contributed by atoms with Gasteiger partial charge in [0.1, 0.15) is 11.9 Å². The van der Waals surface area contributed by atoms with E-state index in [-0.39, 0.29) is 18.7 Å². The first-order valence-electron chi connectivity index (χ1n) is 5.85. The third-order valence-electron chi connectivity index (χ3n) is 3.03. The summed E-state index contributed by atoms with van der Waals surface area (Å²) in [5, 5.41) is 3.00. The number of piperazine rings is 1. The van der Waals surface area contributed by atoms with E-state index in [1.807, 2.05) is 0 Å². The highest BCUT2D eigenvalue weighted by molar-refractivity contribution is 9.10. The Hall–Kier alpha value is -0.660. The van der Waals surface area contributed by atoms with Crippen LogP contribution in [0.15, 0.2) is 22.7 Å². The van der Waals surface area contributed by atoms with Gasteiger partial charge < -0.3 is 5.32 Å². The second-order valence-electron chi connectivity index (χ2n) is 4.43. The summed E-state index contributed by atoms with van der Waals surface area (Å²) in [5.41, 5.74) is -0.0683. The Morgan fingerprint density at radius 1 is 1.16 bits per heavy atom. The van der Waals surface area contributed by atoms with Gasteiger partial charge in [-0.25, -0.2) is 4.39 Å². The number of halogens is 5. The molecule has 0 aromatic heterocycles. The maximum Gasteiger partial charge on any atom is 0.408 e. The van der Waals surface area contributed by atoms with Crippen molar-refractivity contribution in [2.24, 2.45) is 0 Å². The summed E-state index contributed by atoms with van der Waals surface area (Å²) >= 11 is 3.03. The molecule has 1 N–H and O–H groups in total. The molecule has 0 bridgehead atoms. The minimum Gasteiger partial charge on any atom is -0.314 e. The molecule has 1 aliphatic rings. The van der Waals surface area contributed by atoms with E-state index < -0.39 is 18.0 Å². The zero-order chi connectivity index (χ0) is 14.0. The topological polar surface area (TPSA) is 15.3 Å². The Kier molecular flexibility index (Phi) is 4.47. The van der Waals surface area contributed by atoms with E-state index in [1.165, 1.54) is 11.0 Å². The molecular weight excluding hydrogens is 328 g/mol. The zero-order valence-electron chi connectivity index (χ0n) is 9.97. The normalized spacial score (nSPS) is 19.4. The van der Waals surface area contributed by atoms with Crippen molar-refractivity contribution in [2.45, 2.75) is 12.2 Å². The van der Waals surface area contributed by atoms with Gasteiger partial charge in [-0.2, -0.15) is 13.2 Å². The van der Waals surface area contributed by atoms with Crippen molar-refractivity contribution in [2.75, 3.05) is 26.2 Å². The SMILES string of the molecule is Fc1cc(Br)cc([C@@H](N2CCNCC2)C(F)(F)F)c1. The molecule has 7 heteroatoms. The Balaban J connectivity index is 2.36. The van der Waals surface area contributed by atoms with Crippen molar-refractivity contribution in [1.82, 2.24) is 10.2 Å². The molecule has 2 nitrogen and oxygen atoms in total. The summed E-state index contributed by atoms with van der Waals surface area (Å²) in [4.78, 5) is 1.33. The van der Waals surface area contributed by atoms with Gasteiger partial charge in [-0.3, -0.25) is 4.90 Å². The third kappa shape index (κ3) is 3.67. The van der Waals surface area contributed by atoms with Gasteiger partial charge in [0.25, 0.3) is 0 Å². The minimum atomic E-state index is -4.43. The summed E-state index contributed by atoms with van der Waals surface area (Å²) in [6.07, 6.45) is -4.43. The Bertz CT molecular complexity index is 424. The van der Waals surface area contributed by atoms with Crippen molar-refractivity contribution in [3.8, 4) is 0 Å². The van der Waals surface area contributed by atoms with E-state index in [2.05, 4.69) is 21.2 Å². The molecule has 1 atom stereocenters. The monoisotopic (exact) mass is 340 g/mol. The average molecular weight is 341 g/mol. The molecule has 0 amide bonds. The highest BCUT2D eigenvalue weighted by Gasteiger charge is 2.45. The van der Waals surface area contributed by atoms with E-state index in [0.29, 0.717) is 17.6 Å². The highest BCUT2D eigenvalue weighted by Crippen LogP contribution is 2.38. The number of hydrogen-bond donors (Lipinski definition) is 1. The van der Waals surface area contributed by atoms with Crippen LogP contribution in [0.2, 0.25) is 0 Å². The number of nitrogens with one attached hydrogen (secondary N) is 1. The van der Waals surface area contributed by atoms with Gasteiger partial charge in [-0.15, -0.1) is 0 Å². The fourth-order valence-electron chi connectivity index (χ4n) is 2.28. The van der Waals surface area contributed by atoms with Crippen molar-refractivity contribution in [1.29, 1.82) is 0 Å². The van der Waals surface area contributed by atoms with Crippen LogP contribution < -0.4 is 5.32 Å². The maximum absolute atomic E-state index is 13.3. The van der Waals surface area contributed by atoms with E-state index in [1.54, 1.807) is 0 Å². The van der Waals surface area contributed by atoms with Crippen LogP contribution in [0.4, 0.5) is 17.6 Å². The minimum absolute atomic E-state index is 0.0683. The largest absolute Gasteiger partial charge is 0.408 e. The third-order valence-corrected chi connectivity index (χ3v) is 3.49. The molecule has 0 radical (unpaired) electrons. The van der Waals surface area contributed by atoms with Crippen LogP contribution in [-0.2, 0) is 0 Å². The number of alkyl halides is 3. The molecule has 1 heterocycles. The molecule has 1 saturated heterocycles. The predicted octanol–water partition coefficient (Wildman–Crippen LogP) is 3.10. The predicted molar refractivity (Wildman–Crippen MR) is 67.3 cm³/mol. The summed E-state index contributed by atoms with van der Waals surface area (Å²) in [6, 6.07) is 1.66. The molecule has 1 fully saturated rings. The molecule has 0 aliphatic carbocycles. The number of benzene rings is 1. The van der Waals surface area contributed by atoms with E-state index in [9.17, 15) is 17.6 Å². The van der Waals surface area contributed by atoms with Crippen LogP contribution in [0.3, 0.4) is 0 Å². The van der Waals surface area contributed by atoms with Crippen LogP contribution in [0, 0.1) is 5.82 Å². The first-order chi connectivity index (χ1) is 8.88. The molecule has 2 rings (SSSR count). The van der Waals surface area contributed by atoms with Gasteiger partial charge in [0, 0.05) is 30.7 Å². The molecule has 19 heavy (non-hydrogen) atoms. The van der Waals surface area contributed by atoms with Crippen molar-refractivity contribution < 1.29 is 17.6 Å². The average Bonchev–Trinajstić information content (AvgIpc) is 2.27. The zero-order valence-corrected chi connectivity index (χ0v) is 11.6. The lowest BCUT2D eigenvalue weighted by Gasteiger charge is -2.36. The number of hydrogen-bond acceptors (Lipinski definition) is 2. The first kappa shape index (κ1) is 14.7. The highest BCUT2D eigenvalue weighted by atomic mass is 79.9. The smallest absolute Gasteiger partial charge is 0.314 e. The van der Waals surface area contributed by atoms with Gasteiger partial charge in [0.2, 0.25) is 0 Å². The van der Waals surface area contributed by atoms with E-state index in [4.69, 9.17) is 0 Å². The molecule has 1 aliphatic heterocycles. The summed E-state index contributed by atoms with van der Waals surface area (Å²) in [6.45, 7) is 1.59. The van der Waals surface area contributed by atoms with E-state index >= 15 is 0 Å². The van der Waals surface area contributed by atoms with Crippen LogP contribution in [0.25, 0.3) is 0 Å². The van der Waals surface area contributed by atoms with Crippen LogP contribution in [-0.4, -0.2) is 37.3 Å². The Labute approximate surface area is 116 Å². The Morgan fingerprint density at radius 3 is 2.32 bits per heavy atom. The van der Waals surface area contributed by atoms with E-state index in [0.717, 1.165) is 12.1 Å². The first-order valence-corrected chi connectivity index (χ1v) is 6.65. The van der Waals surface area contributed by atoms with Crippen molar-refractivity contribution in [3.05, 3.63) is 34.1 Å². The van der Waals surface area contributed by atoms with Crippen LogP contribution >= 0.6 is 15.9 Å². The van der Waals surface area contributed by atoms with Gasteiger partial charge in [-0.1, -0.05) is 15.9 Å². The lowest BCUT2D eigenvalue weighted by molar-refractivity contribution is -0.187. The Morgan fingerprint density at radius 2 is 1.79 bits per heavy atom. The van der Waals surface area contributed by atoms with Gasteiger partial charge in [0.05, 0.1) is 0 Å². The molecule has 0 unspecified atom stereocenters. The summed E-state index contributed by atoms with van der Waals surface area (Å²) in [7, 11) is 0. The summed E-state index contributed by atoms with van der Waals surface area (Å²) in [5.74, 6) is -0.672. The van der Waals surface area contributed by atoms with Crippen molar-refractivity contribution >= 4 is 15.9 Å². The van der Waals surface area contributed by atoms with Gasteiger partial charge in [-0.05, 0) is 23.8 Å². The van der Waals surface area contributed by atoms with Gasteiger partial charge in [0.15, 0.2) is 0 Å². The fraction of sp³-hybridized carbons (Fsp3) is 0.500. The lowest BCUT2D eigenvalue weighted by atomic mass is 10.0. The molecule has 1 aromatic rings. The maximum atomic E-state index is 13.3. The quantitative estimate of drug-likeness (QED) is 0.832. The number of nitrogens with zero attached hydrogens (tertiary/aromatic N) is 1. The number of rotatable bonds is 2. The standard InChI is InChI=1S/C12H13BrF4N2/c13-9-5-8(6-10(14)7-9)11(12(15,16)17)19-3-1-18-2-4-19/h5-7,11,18H,1-4H2/t11-/m1/s1.